The minimum Gasteiger partial charge on any atom is -0.457 e. The Morgan fingerprint density at radius 3 is 2.65 bits per heavy atom. The molecule has 20 heavy (non-hydrogen) atoms. The molecule has 0 unspecified atom stereocenters. The summed E-state index contributed by atoms with van der Waals surface area (Å²) in [5.41, 5.74) is 8.06. The lowest BCUT2D eigenvalue weighted by Gasteiger charge is -2.15. The van der Waals surface area contributed by atoms with Gasteiger partial charge in [-0.2, -0.15) is 0 Å². The summed E-state index contributed by atoms with van der Waals surface area (Å²) in [4.78, 5) is 1.20. The average molecular weight is 352 g/mol. The van der Waals surface area contributed by atoms with Gasteiger partial charge in [0.05, 0.1) is 0 Å². The summed E-state index contributed by atoms with van der Waals surface area (Å²) in [5, 5.41) is 0. The van der Waals surface area contributed by atoms with E-state index >= 15 is 0 Å². The van der Waals surface area contributed by atoms with Crippen LogP contribution in [-0.4, -0.2) is 5.75 Å². The van der Waals surface area contributed by atoms with Crippen LogP contribution in [0.5, 0.6) is 11.5 Å². The van der Waals surface area contributed by atoms with Crippen LogP contribution in [0.3, 0.4) is 0 Å². The first-order valence-electron chi connectivity index (χ1n) is 6.54. The Bertz CT molecular complexity index is 601. The third-order valence-corrected chi connectivity index (χ3v) is 4.43. The van der Waals surface area contributed by atoms with Crippen LogP contribution >= 0.6 is 27.7 Å². The molecular formula is C16H18BrNOS. The maximum absolute atomic E-state index is 6.06. The van der Waals surface area contributed by atoms with Gasteiger partial charge >= 0.3 is 0 Å². The highest BCUT2D eigenvalue weighted by Crippen LogP contribution is 2.34. The van der Waals surface area contributed by atoms with Gasteiger partial charge in [0.15, 0.2) is 0 Å². The molecule has 2 aromatic rings. The maximum atomic E-state index is 6.06. The third kappa shape index (κ3) is 3.57. The minimum absolute atomic E-state index is 0.480. The number of hydrogen-bond acceptors (Lipinski definition) is 3. The Hall–Kier alpha value is -0.970. The highest BCUT2D eigenvalue weighted by Gasteiger charge is 2.10. The molecule has 0 aromatic heterocycles. The van der Waals surface area contributed by atoms with Gasteiger partial charge in [0.25, 0.3) is 0 Å². The molecular weight excluding hydrogens is 334 g/mol. The number of halogens is 1. The first-order chi connectivity index (χ1) is 9.65. The zero-order valence-electron chi connectivity index (χ0n) is 11.7. The number of thioether (sulfide) groups is 1. The molecule has 0 bridgehead atoms. The van der Waals surface area contributed by atoms with E-state index in [0.29, 0.717) is 6.54 Å². The molecule has 2 rings (SSSR count). The zero-order chi connectivity index (χ0) is 14.5. The molecule has 2 nitrogen and oxygen atoms in total. The zero-order valence-corrected chi connectivity index (χ0v) is 14.1. The van der Waals surface area contributed by atoms with E-state index in [1.807, 2.05) is 37.3 Å². The highest BCUT2D eigenvalue weighted by atomic mass is 79.9. The van der Waals surface area contributed by atoms with Crippen molar-refractivity contribution >= 4 is 27.7 Å². The van der Waals surface area contributed by atoms with Gasteiger partial charge in [-0.3, -0.25) is 0 Å². The summed E-state index contributed by atoms with van der Waals surface area (Å²) < 4.78 is 7.11. The van der Waals surface area contributed by atoms with E-state index in [0.717, 1.165) is 32.9 Å². The standard InChI is InChI=1S/C16H18BrNOS/c1-3-20-16-6-4-5-15(13(16)10-18)19-14-8-7-12(17)9-11(14)2/h4-9H,3,10,18H2,1-2H3. The summed E-state index contributed by atoms with van der Waals surface area (Å²) in [6.07, 6.45) is 0. The van der Waals surface area contributed by atoms with Crippen LogP contribution in [0.2, 0.25) is 0 Å². The van der Waals surface area contributed by atoms with Crippen LogP contribution in [0.25, 0.3) is 0 Å². The van der Waals surface area contributed by atoms with Crippen LogP contribution < -0.4 is 10.5 Å². The van der Waals surface area contributed by atoms with E-state index in [-0.39, 0.29) is 0 Å². The fourth-order valence-electron chi connectivity index (χ4n) is 1.98. The predicted molar refractivity (Wildman–Crippen MR) is 89.7 cm³/mol. The molecule has 0 saturated heterocycles. The average Bonchev–Trinajstić information content (AvgIpc) is 2.42. The van der Waals surface area contributed by atoms with Crippen molar-refractivity contribution in [3.8, 4) is 11.5 Å². The van der Waals surface area contributed by atoms with Crippen molar-refractivity contribution in [3.05, 3.63) is 52.0 Å². The number of hydrogen-bond donors (Lipinski definition) is 1. The van der Waals surface area contributed by atoms with Crippen molar-refractivity contribution in [2.45, 2.75) is 25.3 Å². The van der Waals surface area contributed by atoms with Gasteiger partial charge in [-0.15, -0.1) is 11.8 Å². The topological polar surface area (TPSA) is 35.2 Å². The van der Waals surface area contributed by atoms with Crippen LogP contribution in [-0.2, 0) is 6.54 Å². The van der Waals surface area contributed by atoms with Crippen molar-refractivity contribution in [3.63, 3.8) is 0 Å². The van der Waals surface area contributed by atoms with Crippen molar-refractivity contribution in [1.29, 1.82) is 0 Å². The van der Waals surface area contributed by atoms with E-state index in [9.17, 15) is 0 Å². The van der Waals surface area contributed by atoms with Gasteiger partial charge in [0, 0.05) is 21.5 Å². The molecule has 0 fully saturated rings. The third-order valence-electron chi connectivity index (χ3n) is 2.95. The number of nitrogens with two attached hydrogens (primary N) is 1. The second-order valence-electron chi connectivity index (χ2n) is 4.38. The fraction of sp³-hybridized carbons (Fsp3) is 0.250. The first-order valence-corrected chi connectivity index (χ1v) is 8.32. The molecule has 0 atom stereocenters. The molecule has 0 radical (unpaired) electrons. The van der Waals surface area contributed by atoms with Crippen molar-refractivity contribution < 1.29 is 4.74 Å². The van der Waals surface area contributed by atoms with Crippen LogP contribution in [0.15, 0.2) is 45.8 Å². The van der Waals surface area contributed by atoms with Crippen LogP contribution in [0, 0.1) is 6.92 Å². The van der Waals surface area contributed by atoms with E-state index in [2.05, 4.69) is 28.9 Å². The highest BCUT2D eigenvalue weighted by molar-refractivity contribution is 9.10. The molecule has 2 aromatic carbocycles. The van der Waals surface area contributed by atoms with E-state index in [1.165, 1.54) is 4.90 Å². The summed E-state index contributed by atoms with van der Waals surface area (Å²) in [6, 6.07) is 12.1. The van der Waals surface area contributed by atoms with Gasteiger partial charge in [-0.25, -0.2) is 0 Å². The van der Waals surface area contributed by atoms with Crippen LogP contribution in [0.4, 0.5) is 0 Å². The summed E-state index contributed by atoms with van der Waals surface area (Å²) in [7, 11) is 0. The van der Waals surface area contributed by atoms with E-state index in [1.54, 1.807) is 11.8 Å². The van der Waals surface area contributed by atoms with Crippen LogP contribution in [0.1, 0.15) is 18.1 Å². The first kappa shape index (κ1) is 15.4. The number of benzene rings is 2. The molecule has 0 amide bonds. The molecule has 106 valence electrons. The maximum Gasteiger partial charge on any atom is 0.133 e. The fourth-order valence-corrected chi connectivity index (χ4v) is 3.30. The van der Waals surface area contributed by atoms with E-state index < -0.39 is 0 Å². The quantitative estimate of drug-likeness (QED) is 0.759. The molecule has 0 aliphatic rings. The summed E-state index contributed by atoms with van der Waals surface area (Å²) >= 11 is 5.25. The summed E-state index contributed by atoms with van der Waals surface area (Å²) in [6.45, 7) is 4.65. The molecule has 2 N–H and O–H groups in total. The van der Waals surface area contributed by atoms with Crippen molar-refractivity contribution in [2.75, 3.05) is 5.75 Å². The lowest BCUT2D eigenvalue weighted by Crippen LogP contribution is -2.02. The summed E-state index contributed by atoms with van der Waals surface area (Å²) in [5.74, 6) is 2.73. The molecule has 0 aliphatic carbocycles. The monoisotopic (exact) mass is 351 g/mol. The molecule has 0 saturated carbocycles. The number of aryl methyl sites for hydroxylation is 1. The Balaban J connectivity index is 2.35. The van der Waals surface area contributed by atoms with Gasteiger partial charge in [-0.1, -0.05) is 28.9 Å². The number of ether oxygens (including phenoxy) is 1. The Morgan fingerprint density at radius 1 is 1.20 bits per heavy atom. The lowest BCUT2D eigenvalue weighted by molar-refractivity contribution is 0.470. The lowest BCUT2D eigenvalue weighted by atomic mass is 10.2. The van der Waals surface area contributed by atoms with Crippen molar-refractivity contribution in [2.24, 2.45) is 5.73 Å². The Labute approximate surface area is 132 Å². The van der Waals surface area contributed by atoms with Gasteiger partial charge in [0.2, 0.25) is 0 Å². The SMILES string of the molecule is CCSc1cccc(Oc2ccc(Br)cc2C)c1CN. The Kier molecular flexibility index (Phi) is 5.52. The second kappa shape index (κ2) is 7.16. The largest absolute Gasteiger partial charge is 0.457 e. The van der Waals surface area contributed by atoms with Gasteiger partial charge < -0.3 is 10.5 Å². The second-order valence-corrected chi connectivity index (χ2v) is 6.60. The molecule has 0 heterocycles. The van der Waals surface area contributed by atoms with Gasteiger partial charge in [-0.05, 0) is 48.6 Å². The Morgan fingerprint density at radius 2 is 2.00 bits per heavy atom. The normalized spacial score (nSPS) is 10.6. The molecule has 0 aliphatic heterocycles. The number of rotatable bonds is 5. The van der Waals surface area contributed by atoms with Gasteiger partial charge in [0.1, 0.15) is 11.5 Å². The predicted octanol–water partition coefficient (Wildman–Crippen LogP) is 5.12. The smallest absolute Gasteiger partial charge is 0.133 e. The van der Waals surface area contributed by atoms with E-state index in [4.69, 9.17) is 10.5 Å². The van der Waals surface area contributed by atoms with Crippen molar-refractivity contribution in [1.82, 2.24) is 0 Å². The molecule has 0 spiro atoms. The minimum atomic E-state index is 0.480. The molecule has 4 heteroatoms.